The average molecular weight is 513 g/mol. The first kappa shape index (κ1) is 25.7. The van der Waals surface area contributed by atoms with Gasteiger partial charge in [-0.3, -0.25) is 9.47 Å². The molecule has 1 atom stereocenters. The highest BCUT2D eigenvalue weighted by Crippen LogP contribution is 2.29. The number of carbonyl (C=O) groups is 1. The molecular weight excluding hydrogens is 487 g/mol. The molecule has 2 aliphatic rings. The van der Waals surface area contributed by atoms with Gasteiger partial charge in [0.05, 0.1) is 18.8 Å². The SMILES string of the molecule is O=C(OCC1CCn2cc([N+](=O)[O-])nc2O1)N1CCN(CCOCc2ccc(C(F)(F)F)cc2)CC1. The second-order valence-corrected chi connectivity index (χ2v) is 8.51. The fraction of sp³-hybridized carbons (Fsp3) is 0.545. The van der Waals surface area contributed by atoms with E-state index in [1.54, 1.807) is 9.47 Å². The van der Waals surface area contributed by atoms with Crippen LogP contribution in [0.4, 0.5) is 23.8 Å². The molecule has 1 aromatic heterocycles. The molecule has 3 heterocycles. The number of rotatable bonds is 8. The molecule has 1 saturated heterocycles. The van der Waals surface area contributed by atoms with Crippen LogP contribution in [-0.4, -0.2) is 82.4 Å². The van der Waals surface area contributed by atoms with Gasteiger partial charge >= 0.3 is 24.1 Å². The number of nitro groups is 1. The van der Waals surface area contributed by atoms with E-state index in [0.717, 1.165) is 12.1 Å². The minimum Gasteiger partial charge on any atom is -0.445 e. The number of alkyl halides is 3. The molecule has 0 spiro atoms. The van der Waals surface area contributed by atoms with E-state index in [9.17, 15) is 28.1 Å². The van der Waals surface area contributed by atoms with Crippen LogP contribution in [0.15, 0.2) is 30.5 Å². The van der Waals surface area contributed by atoms with Gasteiger partial charge in [-0.1, -0.05) is 12.1 Å². The minimum atomic E-state index is -4.35. The van der Waals surface area contributed by atoms with Crippen molar-refractivity contribution in [2.24, 2.45) is 0 Å². The largest absolute Gasteiger partial charge is 0.445 e. The summed E-state index contributed by atoms with van der Waals surface area (Å²) in [4.78, 5) is 30.2. The molecule has 1 unspecified atom stereocenters. The number of hydrogen-bond donors (Lipinski definition) is 0. The van der Waals surface area contributed by atoms with Crippen molar-refractivity contribution in [3.8, 4) is 6.01 Å². The number of piperazine rings is 1. The van der Waals surface area contributed by atoms with Crippen LogP contribution < -0.4 is 4.74 Å². The van der Waals surface area contributed by atoms with E-state index < -0.39 is 28.9 Å². The summed E-state index contributed by atoms with van der Waals surface area (Å²) in [5.41, 5.74) is -0.0212. The zero-order valence-electron chi connectivity index (χ0n) is 19.4. The molecule has 36 heavy (non-hydrogen) atoms. The Morgan fingerprint density at radius 3 is 2.56 bits per heavy atom. The topological polar surface area (TPSA) is 112 Å². The lowest BCUT2D eigenvalue weighted by atomic mass is 10.1. The molecule has 0 bridgehead atoms. The maximum Gasteiger partial charge on any atom is 0.416 e. The maximum atomic E-state index is 12.6. The Bertz CT molecular complexity index is 1050. The first-order valence-corrected chi connectivity index (χ1v) is 11.4. The summed E-state index contributed by atoms with van der Waals surface area (Å²) in [5, 5.41) is 10.8. The smallest absolute Gasteiger partial charge is 0.416 e. The van der Waals surface area contributed by atoms with Crippen molar-refractivity contribution >= 4 is 11.9 Å². The summed E-state index contributed by atoms with van der Waals surface area (Å²) in [5.74, 6) is -0.287. The number of fused-ring (bicyclic) bond motifs is 1. The molecule has 2 aliphatic heterocycles. The number of nitrogens with zero attached hydrogens (tertiary/aromatic N) is 5. The summed E-state index contributed by atoms with van der Waals surface area (Å²) in [6.07, 6.45) is -3.37. The molecule has 1 fully saturated rings. The van der Waals surface area contributed by atoms with E-state index in [0.29, 0.717) is 57.9 Å². The van der Waals surface area contributed by atoms with Crippen molar-refractivity contribution in [3.05, 3.63) is 51.7 Å². The molecule has 0 aliphatic carbocycles. The average Bonchev–Trinajstić information content (AvgIpc) is 3.29. The summed E-state index contributed by atoms with van der Waals surface area (Å²) in [6.45, 7) is 4.03. The number of ether oxygens (including phenoxy) is 3. The molecule has 0 radical (unpaired) electrons. The lowest BCUT2D eigenvalue weighted by Gasteiger charge is -2.34. The van der Waals surface area contributed by atoms with E-state index in [1.807, 2.05) is 0 Å². The van der Waals surface area contributed by atoms with Gasteiger partial charge in [0, 0.05) is 50.7 Å². The van der Waals surface area contributed by atoms with Crippen LogP contribution in [0.2, 0.25) is 0 Å². The number of hydrogen-bond acceptors (Lipinski definition) is 8. The minimum absolute atomic E-state index is 0.0253. The van der Waals surface area contributed by atoms with Gasteiger partial charge in [-0.15, -0.1) is 0 Å². The van der Waals surface area contributed by atoms with Crippen molar-refractivity contribution in [1.29, 1.82) is 0 Å². The van der Waals surface area contributed by atoms with Crippen molar-refractivity contribution in [1.82, 2.24) is 19.4 Å². The molecule has 11 nitrogen and oxygen atoms in total. The quantitative estimate of drug-likeness (QED) is 0.301. The molecule has 4 rings (SSSR count). The van der Waals surface area contributed by atoms with Crippen molar-refractivity contribution < 1.29 is 37.1 Å². The van der Waals surface area contributed by atoms with Crippen LogP contribution in [0.3, 0.4) is 0 Å². The Morgan fingerprint density at radius 2 is 1.89 bits per heavy atom. The maximum absolute atomic E-state index is 12.6. The predicted molar refractivity (Wildman–Crippen MR) is 118 cm³/mol. The highest BCUT2D eigenvalue weighted by molar-refractivity contribution is 5.67. The summed E-state index contributed by atoms with van der Waals surface area (Å²) in [6, 6.07) is 5.03. The van der Waals surface area contributed by atoms with Gasteiger partial charge in [0.2, 0.25) is 0 Å². The third kappa shape index (κ3) is 6.63. The van der Waals surface area contributed by atoms with E-state index in [-0.39, 0.29) is 25.0 Å². The molecule has 0 N–H and O–H groups in total. The van der Waals surface area contributed by atoms with Crippen LogP contribution in [-0.2, 0) is 28.8 Å². The van der Waals surface area contributed by atoms with Gasteiger partial charge < -0.3 is 29.2 Å². The molecule has 14 heteroatoms. The van der Waals surface area contributed by atoms with Gasteiger partial charge in [0.15, 0.2) is 0 Å². The number of imidazole rings is 1. The van der Waals surface area contributed by atoms with E-state index in [1.165, 1.54) is 18.3 Å². The number of halogens is 3. The number of benzene rings is 1. The van der Waals surface area contributed by atoms with Gasteiger partial charge in [-0.2, -0.15) is 13.2 Å². The fourth-order valence-corrected chi connectivity index (χ4v) is 3.92. The molecule has 0 saturated carbocycles. The zero-order chi connectivity index (χ0) is 25.7. The second-order valence-electron chi connectivity index (χ2n) is 8.51. The number of aromatic nitrogens is 2. The predicted octanol–water partition coefficient (Wildman–Crippen LogP) is 2.93. The van der Waals surface area contributed by atoms with Gasteiger partial charge in [-0.05, 0) is 22.6 Å². The highest BCUT2D eigenvalue weighted by atomic mass is 19.4. The van der Waals surface area contributed by atoms with Gasteiger partial charge in [0.1, 0.15) is 18.9 Å². The summed E-state index contributed by atoms with van der Waals surface area (Å²) >= 11 is 0. The molecule has 1 aromatic carbocycles. The number of aryl methyl sites for hydroxylation is 1. The Balaban J connectivity index is 1.10. The monoisotopic (exact) mass is 513 g/mol. The van der Waals surface area contributed by atoms with Gasteiger partial charge in [0.25, 0.3) is 0 Å². The van der Waals surface area contributed by atoms with E-state index in [4.69, 9.17) is 14.2 Å². The summed E-state index contributed by atoms with van der Waals surface area (Å²) in [7, 11) is 0. The Hall–Kier alpha value is -3.39. The normalized spacial score (nSPS) is 18.4. The van der Waals surface area contributed by atoms with Crippen molar-refractivity contribution in [2.75, 3.05) is 45.9 Å². The summed E-state index contributed by atoms with van der Waals surface area (Å²) < 4.78 is 56.0. The van der Waals surface area contributed by atoms with Crippen LogP contribution in [0.25, 0.3) is 0 Å². The van der Waals surface area contributed by atoms with Crippen LogP contribution in [0, 0.1) is 10.1 Å². The number of carbonyl (C=O) groups excluding carboxylic acids is 1. The first-order valence-electron chi connectivity index (χ1n) is 11.4. The second kappa shape index (κ2) is 11.1. The van der Waals surface area contributed by atoms with E-state index in [2.05, 4.69) is 9.88 Å². The van der Waals surface area contributed by atoms with Crippen molar-refractivity contribution in [2.45, 2.75) is 31.9 Å². The van der Waals surface area contributed by atoms with Gasteiger partial charge in [-0.25, -0.2) is 4.79 Å². The Labute approximate surface area is 204 Å². The first-order chi connectivity index (χ1) is 17.2. The van der Waals surface area contributed by atoms with E-state index >= 15 is 0 Å². The molecule has 1 amide bonds. The standard InChI is InChI=1S/C22H26F3N5O6/c23-22(24,25)17-3-1-16(2-4-17)14-34-12-11-27-7-9-28(10-8-27)21(31)35-15-18-5-6-29-13-19(30(32)33)26-20(29)36-18/h1-4,13,18H,5-12,14-15H2. The third-order valence-electron chi connectivity index (χ3n) is 6.00. The van der Waals surface area contributed by atoms with Crippen LogP contribution >= 0.6 is 0 Å². The lowest BCUT2D eigenvalue weighted by molar-refractivity contribution is -0.389. The Kier molecular flexibility index (Phi) is 7.94. The third-order valence-corrected chi connectivity index (χ3v) is 6.00. The number of amides is 1. The molecular formula is C22H26F3N5O6. The van der Waals surface area contributed by atoms with Crippen LogP contribution in [0.5, 0.6) is 6.01 Å². The highest BCUT2D eigenvalue weighted by Gasteiger charge is 2.31. The Morgan fingerprint density at radius 1 is 1.17 bits per heavy atom. The van der Waals surface area contributed by atoms with Crippen LogP contribution in [0.1, 0.15) is 17.5 Å². The van der Waals surface area contributed by atoms with Crippen molar-refractivity contribution in [3.63, 3.8) is 0 Å². The zero-order valence-corrected chi connectivity index (χ0v) is 19.4. The molecule has 2 aromatic rings. The molecule has 196 valence electrons. The lowest BCUT2D eigenvalue weighted by Crippen LogP contribution is -2.50. The fourth-order valence-electron chi connectivity index (χ4n) is 3.92.